The van der Waals surface area contributed by atoms with Crippen LogP contribution in [0.1, 0.15) is 47.0 Å². The van der Waals surface area contributed by atoms with Gasteiger partial charge in [-0.2, -0.15) is 0 Å². The van der Waals surface area contributed by atoms with E-state index in [1.54, 1.807) is 5.57 Å². The lowest BCUT2D eigenvalue weighted by Crippen LogP contribution is -2.14. The highest BCUT2D eigenvalue weighted by Gasteiger charge is 2.20. The fourth-order valence-electron chi connectivity index (χ4n) is 1.51. The lowest BCUT2D eigenvalue weighted by Gasteiger charge is -2.28. The van der Waals surface area contributed by atoms with E-state index in [0.29, 0.717) is 5.41 Å². The first-order valence-electron chi connectivity index (χ1n) is 4.91. The Labute approximate surface area is 76.4 Å². The van der Waals surface area contributed by atoms with Crippen molar-refractivity contribution in [1.29, 1.82) is 0 Å². The molecule has 0 heteroatoms. The Morgan fingerprint density at radius 2 is 1.92 bits per heavy atom. The zero-order valence-corrected chi connectivity index (χ0v) is 8.78. The summed E-state index contributed by atoms with van der Waals surface area (Å²) in [5, 5.41) is 0. The highest BCUT2D eigenvalue weighted by atomic mass is 14.3. The Bertz CT molecular complexity index is 216. The van der Waals surface area contributed by atoms with Crippen molar-refractivity contribution in [1.82, 2.24) is 0 Å². The fourth-order valence-corrected chi connectivity index (χ4v) is 1.51. The van der Waals surface area contributed by atoms with Gasteiger partial charge in [0.1, 0.15) is 0 Å². The van der Waals surface area contributed by atoms with Gasteiger partial charge in [0, 0.05) is 0 Å². The van der Waals surface area contributed by atoms with E-state index in [4.69, 9.17) is 0 Å². The van der Waals surface area contributed by atoms with Gasteiger partial charge in [-0.1, -0.05) is 44.1 Å². The van der Waals surface area contributed by atoms with Gasteiger partial charge in [0.2, 0.25) is 0 Å². The summed E-state index contributed by atoms with van der Waals surface area (Å²) in [4.78, 5) is 0. The van der Waals surface area contributed by atoms with Gasteiger partial charge in [0.05, 0.1) is 0 Å². The molecule has 0 N–H and O–H groups in total. The fraction of sp³-hybridized carbons (Fsp3) is 0.667. The predicted molar refractivity (Wildman–Crippen MR) is 55.1 cm³/mol. The number of allylic oxidation sites excluding steroid dienone is 4. The van der Waals surface area contributed by atoms with Crippen molar-refractivity contribution in [2.45, 2.75) is 47.0 Å². The van der Waals surface area contributed by atoms with E-state index < -0.39 is 0 Å². The first-order chi connectivity index (χ1) is 5.56. The molecule has 0 saturated carbocycles. The third-order valence-electron chi connectivity index (χ3n) is 3.09. The summed E-state index contributed by atoms with van der Waals surface area (Å²) in [6.45, 7) is 9.17. The van der Waals surface area contributed by atoms with Gasteiger partial charge in [-0.15, -0.1) is 0 Å². The second kappa shape index (κ2) is 3.47. The summed E-state index contributed by atoms with van der Waals surface area (Å²) in [5.74, 6) is 0. The van der Waals surface area contributed by atoms with E-state index in [1.165, 1.54) is 24.8 Å². The van der Waals surface area contributed by atoms with Gasteiger partial charge in [-0.05, 0) is 31.6 Å². The van der Waals surface area contributed by atoms with Crippen LogP contribution >= 0.6 is 0 Å². The highest BCUT2D eigenvalue weighted by Crippen LogP contribution is 2.35. The number of rotatable bonds is 2. The lowest BCUT2D eigenvalue weighted by atomic mass is 9.77. The number of hydrogen-bond donors (Lipinski definition) is 0. The van der Waals surface area contributed by atoms with E-state index in [2.05, 4.69) is 39.8 Å². The van der Waals surface area contributed by atoms with Crippen LogP contribution in [0, 0.1) is 5.41 Å². The minimum Gasteiger partial charge on any atom is -0.0812 e. The van der Waals surface area contributed by atoms with Crippen molar-refractivity contribution in [3.63, 3.8) is 0 Å². The summed E-state index contributed by atoms with van der Waals surface area (Å²) < 4.78 is 0. The Kier molecular flexibility index (Phi) is 2.76. The van der Waals surface area contributed by atoms with Crippen LogP contribution in [-0.2, 0) is 0 Å². The smallest absolute Gasteiger partial charge is 0.0131 e. The Balaban J connectivity index is 2.68. The monoisotopic (exact) mass is 164 g/mol. The molecule has 0 fully saturated rings. The van der Waals surface area contributed by atoms with Crippen LogP contribution in [0.25, 0.3) is 0 Å². The molecule has 0 aromatic heterocycles. The topological polar surface area (TPSA) is 0 Å². The van der Waals surface area contributed by atoms with Crippen molar-refractivity contribution in [2.75, 3.05) is 0 Å². The van der Waals surface area contributed by atoms with Crippen LogP contribution < -0.4 is 0 Å². The van der Waals surface area contributed by atoms with Gasteiger partial charge in [0.15, 0.2) is 0 Å². The van der Waals surface area contributed by atoms with Crippen molar-refractivity contribution < 1.29 is 0 Å². The van der Waals surface area contributed by atoms with Gasteiger partial charge in [-0.3, -0.25) is 0 Å². The van der Waals surface area contributed by atoms with Gasteiger partial charge < -0.3 is 0 Å². The van der Waals surface area contributed by atoms with Gasteiger partial charge in [0.25, 0.3) is 0 Å². The number of hydrogen-bond acceptors (Lipinski definition) is 0. The molecule has 1 rings (SSSR count). The average molecular weight is 164 g/mol. The van der Waals surface area contributed by atoms with Gasteiger partial charge in [-0.25, -0.2) is 0 Å². The van der Waals surface area contributed by atoms with E-state index in [9.17, 15) is 0 Å². The van der Waals surface area contributed by atoms with Crippen LogP contribution in [0.5, 0.6) is 0 Å². The second-order valence-corrected chi connectivity index (χ2v) is 4.43. The average Bonchev–Trinajstić information content (AvgIpc) is 2.05. The molecule has 0 aromatic rings. The minimum absolute atomic E-state index is 0.414. The van der Waals surface area contributed by atoms with E-state index >= 15 is 0 Å². The molecule has 0 aromatic carbocycles. The molecule has 12 heavy (non-hydrogen) atoms. The van der Waals surface area contributed by atoms with Crippen molar-refractivity contribution >= 4 is 0 Å². The normalized spacial score (nSPS) is 18.7. The standard InChI is InChI=1S/C12H20/c1-5-12(3,4)11-8-6-10(2)7-9-11/h6,9H,5,7-8H2,1-4H3. The molecule has 0 saturated heterocycles. The maximum atomic E-state index is 2.42. The Morgan fingerprint density at radius 1 is 1.25 bits per heavy atom. The zero-order chi connectivity index (χ0) is 9.19. The van der Waals surface area contributed by atoms with E-state index in [-0.39, 0.29) is 0 Å². The summed E-state index contributed by atoms with van der Waals surface area (Å²) >= 11 is 0. The molecule has 68 valence electrons. The first kappa shape index (κ1) is 9.57. The molecular weight excluding hydrogens is 144 g/mol. The van der Waals surface area contributed by atoms with Crippen LogP contribution in [0.2, 0.25) is 0 Å². The molecule has 0 amide bonds. The molecule has 0 nitrogen and oxygen atoms in total. The first-order valence-corrected chi connectivity index (χ1v) is 4.91. The third kappa shape index (κ3) is 2.00. The summed E-state index contributed by atoms with van der Waals surface area (Å²) in [5.41, 5.74) is 3.55. The molecule has 1 aliphatic carbocycles. The quantitative estimate of drug-likeness (QED) is 0.539. The largest absolute Gasteiger partial charge is 0.0812 e. The van der Waals surface area contributed by atoms with Gasteiger partial charge >= 0.3 is 0 Å². The molecule has 0 unspecified atom stereocenters. The summed E-state index contributed by atoms with van der Waals surface area (Å²) in [6, 6.07) is 0. The molecule has 0 bridgehead atoms. The highest BCUT2D eigenvalue weighted by molar-refractivity contribution is 5.24. The second-order valence-electron chi connectivity index (χ2n) is 4.43. The SMILES string of the molecule is CCC(C)(C)C1=CCC(C)=CC1. The van der Waals surface area contributed by atoms with Crippen molar-refractivity contribution in [3.05, 3.63) is 23.3 Å². The molecule has 0 aliphatic heterocycles. The summed E-state index contributed by atoms with van der Waals surface area (Å²) in [7, 11) is 0. The maximum Gasteiger partial charge on any atom is -0.0131 e. The van der Waals surface area contributed by atoms with Crippen molar-refractivity contribution in [3.8, 4) is 0 Å². The van der Waals surface area contributed by atoms with E-state index in [0.717, 1.165) is 0 Å². The van der Waals surface area contributed by atoms with Crippen LogP contribution in [0.3, 0.4) is 0 Å². The molecule has 0 spiro atoms. The van der Waals surface area contributed by atoms with E-state index in [1.807, 2.05) is 0 Å². The van der Waals surface area contributed by atoms with Crippen LogP contribution in [-0.4, -0.2) is 0 Å². The lowest BCUT2D eigenvalue weighted by molar-refractivity contribution is 0.418. The minimum atomic E-state index is 0.414. The van der Waals surface area contributed by atoms with Crippen molar-refractivity contribution in [2.24, 2.45) is 5.41 Å². The predicted octanol–water partition coefficient (Wildman–Crippen LogP) is 4.09. The Morgan fingerprint density at radius 3 is 2.33 bits per heavy atom. The van der Waals surface area contributed by atoms with Crippen LogP contribution in [0.4, 0.5) is 0 Å². The Hall–Kier alpha value is -0.520. The zero-order valence-electron chi connectivity index (χ0n) is 8.78. The molecule has 1 aliphatic rings. The maximum absolute atomic E-state index is 2.42. The van der Waals surface area contributed by atoms with Crippen LogP contribution in [0.15, 0.2) is 23.3 Å². The molecule has 0 heterocycles. The third-order valence-corrected chi connectivity index (χ3v) is 3.09. The molecular formula is C12H20. The molecule has 0 atom stereocenters. The molecule has 0 radical (unpaired) electrons. The summed E-state index contributed by atoms with van der Waals surface area (Å²) in [6.07, 6.45) is 8.36.